The molecule has 1 unspecified atom stereocenters. The highest BCUT2D eigenvalue weighted by Gasteiger charge is 2.48. The summed E-state index contributed by atoms with van der Waals surface area (Å²) in [7, 11) is 0. The van der Waals surface area contributed by atoms with Crippen molar-refractivity contribution < 1.29 is 33.6 Å². The summed E-state index contributed by atoms with van der Waals surface area (Å²) in [6.45, 7) is 5.07. The van der Waals surface area contributed by atoms with Crippen LogP contribution < -0.4 is 23.8 Å². The zero-order valence-electron chi connectivity index (χ0n) is 22.9. The molecule has 10 nitrogen and oxygen atoms in total. The van der Waals surface area contributed by atoms with Crippen molar-refractivity contribution in [3.05, 3.63) is 94.0 Å². The molecule has 42 heavy (non-hydrogen) atoms. The number of aliphatic hydroxyl groups excluding tert-OH is 1. The average molecular weight is 586 g/mol. The molecule has 4 aromatic rings. The van der Waals surface area contributed by atoms with Crippen molar-refractivity contribution in [2.24, 2.45) is 0 Å². The van der Waals surface area contributed by atoms with Crippen molar-refractivity contribution in [1.29, 1.82) is 0 Å². The first-order valence-electron chi connectivity index (χ1n) is 13.4. The van der Waals surface area contributed by atoms with E-state index in [2.05, 4.69) is 10.2 Å². The maximum Gasteiger partial charge on any atom is 0.301 e. The van der Waals surface area contributed by atoms with Gasteiger partial charge in [-0.05, 0) is 55.3 Å². The number of amides is 1. The van der Waals surface area contributed by atoms with E-state index in [0.29, 0.717) is 65.6 Å². The highest BCUT2D eigenvalue weighted by atomic mass is 32.1. The number of ether oxygens (including phenoxy) is 4. The van der Waals surface area contributed by atoms with Gasteiger partial charge in [0.25, 0.3) is 5.78 Å². The third-order valence-corrected chi connectivity index (χ3v) is 7.64. The monoisotopic (exact) mass is 585 g/mol. The van der Waals surface area contributed by atoms with Crippen molar-refractivity contribution in [2.45, 2.75) is 26.5 Å². The molecule has 0 bridgehead atoms. The quantitative estimate of drug-likeness (QED) is 0.169. The van der Waals surface area contributed by atoms with E-state index >= 15 is 0 Å². The number of Topliss-reactive ketones (excluding diaryl/α,β-unsaturated/α-hetero) is 1. The van der Waals surface area contributed by atoms with E-state index in [9.17, 15) is 14.7 Å². The van der Waals surface area contributed by atoms with Crippen molar-refractivity contribution >= 4 is 33.9 Å². The summed E-state index contributed by atoms with van der Waals surface area (Å²) in [6.07, 6.45) is 0. The van der Waals surface area contributed by atoms with E-state index < -0.39 is 17.7 Å². The van der Waals surface area contributed by atoms with Gasteiger partial charge >= 0.3 is 5.91 Å². The first-order chi connectivity index (χ1) is 20.4. The number of carbonyl (C=O) groups is 2. The predicted octanol–water partition coefficient (Wildman–Crippen LogP) is 5.22. The Hall–Kier alpha value is -4.90. The van der Waals surface area contributed by atoms with E-state index in [1.54, 1.807) is 43.3 Å². The van der Waals surface area contributed by atoms with Crippen LogP contribution in [0.2, 0.25) is 0 Å². The summed E-state index contributed by atoms with van der Waals surface area (Å²) >= 11 is 1.17. The lowest BCUT2D eigenvalue weighted by Gasteiger charge is -2.24. The van der Waals surface area contributed by atoms with Crippen molar-refractivity contribution in [2.75, 3.05) is 24.7 Å². The molecule has 11 heteroatoms. The molecule has 2 aliphatic rings. The number of ketones is 1. The average Bonchev–Trinajstić information content (AvgIpc) is 3.56. The van der Waals surface area contributed by atoms with Crippen molar-refractivity contribution in [1.82, 2.24) is 10.2 Å². The van der Waals surface area contributed by atoms with Crippen LogP contribution in [0.15, 0.2) is 72.3 Å². The molecule has 2 aliphatic heterocycles. The molecule has 0 aliphatic carbocycles. The number of hydrogen-bond donors (Lipinski definition) is 1. The maximum absolute atomic E-state index is 13.6. The van der Waals surface area contributed by atoms with Gasteiger partial charge in [0.1, 0.15) is 30.6 Å². The Labute approximate surface area is 245 Å². The number of hydrogen-bond acceptors (Lipinski definition) is 10. The summed E-state index contributed by atoms with van der Waals surface area (Å²) in [4.78, 5) is 28.3. The normalized spacial score (nSPS) is 17.4. The van der Waals surface area contributed by atoms with E-state index in [1.165, 1.54) is 16.2 Å². The van der Waals surface area contributed by atoms with Crippen LogP contribution >= 0.6 is 11.3 Å². The zero-order valence-corrected chi connectivity index (χ0v) is 23.7. The highest BCUT2D eigenvalue weighted by molar-refractivity contribution is 7.15. The number of carbonyl (C=O) groups excluding carboxylic acids is 2. The molecule has 214 valence electrons. The zero-order chi connectivity index (χ0) is 29.2. The van der Waals surface area contributed by atoms with Crippen LogP contribution in [0.1, 0.15) is 34.7 Å². The molecule has 1 fully saturated rings. The molecule has 3 aromatic carbocycles. The number of nitrogens with zero attached hydrogens (tertiary/aromatic N) is 3. The Balaban J connectivity index is 1.45. The Bertz CT molecular complexity index is 1690. The van der Waals surface area contributed by atoms with E-state index in [1.807, 2.05) is 37.3 Å². The van der Waals surface area contributed by atoms with Gasteiger partial charge in [0.05, 0.1) is 18.2 Å². The third kappa shape index (κ3) is 5.14. The maximum atomic E-state index is 13.6. The van der Waals surface area contributed by atoms with Gasteiger partial charge in [-0.15, -0.1) is 10.2 Å². The standard InChI is InChI=1S/C31H27N3O7S/c1-3-38-24-15-20(9-11-23(24)41-17-19-7-5-4-6-8-19)27-26(29(36)30(37)34(27)31-33-32-18(2)42-31)28(35)21-10-12-22-25(16-21)40-14-13-39-22/h4-12,15-16,27,35H,3,13-14,17H2,1-2H3/b28-26+. The van der Waals surface area contributed by atoms with Crippen molar-refractivity contribution in [3.63, 3.8) is 0 Å². The number of aliphatic hydroxyl groups is 1. The fourth-order valence-electron chi connectivity index (χ4n) is 4.89. The summed E-state index contributed by atoms with van der Waals surface area (Å²) < 4.78 is 23.3. The second kappa shape index (κ2) is 11.5. The van der Waals surface area contributed by atoms with Crippen molar-refractivity contribution in [3.8, 4) is 23.0 Å². The molecule has 1 atom stereocenters. The molecule has 0 spiro atoms. The van der Waals surface area contributed by atoms with Gasteiger partial charge in [-0.25, -0.2) is 0 Å². The molecule has 1 aromatic heterocycles. The van der Waals surface area contributed by atoms with Gasteiger partial charge in [-0.3, -0.25) is 14.5 Å². The molecular weight excluding hydrogens is 558 g/mol. The Kier molecular flexibility index (Phi) is 7.49. The minimum Gasteiger partial charge on any atom is -0.507 e. The van der Waals surface area contributed by atoms with Crippen LogP contribution in [-0.2, 0) is 16.2 Å². The first kappa shape index (κ1) is 27.3. The van der Waals surface area contributed by atoms with E-state index in [0.717, 1.165) is 5.56 Å². The fourth-order valence-corrected chi connectivity index (χ4v) is 5.61. The van der Waals surface area contributed by atoms with Crippen LogP contribution in [0.5, 0.6) is 23.0 Å². The van der Waals surface area contributed by atoms with Crippen LogP contribution in [0.4, 0.5) is 5.13 Å². The molecule has 0 radical (unpaired) electrons. The van der Waals surface area contributed by atoms with E-state index in [4.69, 9.17) is 18.9 Å². The highest BCUT2D eigenvalue weighted by Crippen LogP contribution is 2.45. The van der Waals surface area contributed by atoms with Gasteiger partial charge in [0.15, 0.2) is 23.0 Å². The summed E-state index contributed by atoms with van der Waals surface area (Å²) in [6, 6.07) is 18.8. The predicted molar refractivity (Wildman–Crippen MR) is 155 cm³/mol. The number of rotatable bonds is 8. The first-order valence-corrected chi connectivity index (χ1v) is 14.2. The minimum atomic E-state index is -1.01. The summed E-state index contributed by atoms with van der Waals surface area (Å²) in [5, 5.41) is 20.6. The fraction of sp³-hybridized carbons (Fsp3) is 0.226. The Morgan fingerprint density at radius 2 is 1.76 bits per heavy atom. The molecule has 3 heterocycles. The molecular formula is C31H27N3O7S. The Morgan fingerprint density at radius 1 is 0.976 bits per heavy atom. The van der Waals surface area contributed by atoms with Crippen LogP contribution in [0.3, 0.4) is 0 Å². The van der Waals surface area contributed by atoms with Gasteiger partial charge in [-0.1, -0.05) is 47.7 Å². The second-order valence-electron chi connectivity index (χ2n) is 9.54. The van der Waals surface area contributed by atoms with E-state index in [-0.39, 0.29) is 16.5 Å². The third-order valence-electron chi connectivity index (χ3n) is 6.80. The summed E-state index contributed by atoms with van der Waals surface area (Å²) in [5.41, 5.74) is 1.73. The van der Waals surface area contributed by atoms with Gasteiger partial charge < -0.3 is 24.1 Å². The lowest BCUT2D eigenvalue weighted by molar-refractivity contribution is -0.132. The molecule has 0 saturated carbocycles. The van der Waals surface area contributed by atoms with Gasteiger partial charge in [0.2, 0.25) is 5.13 Å². The second-order valence-corrected chi connectivity index (χ2v) is 10.7. The number of fused-ring (bicyclic) bond motifs is 1. The van der Waals surface area contributed by atoms with Gasteiger partial charge in [0, 0.05) is 5.56 Å². The Morgan fingerprint density at radius 3 is 2.50 bits per heavy atom. The SMILES string of the molecule is CCOc1cc(C2/C(=C(\O)c3ccc4c(c3)OCCO4)C(=O)C(=O)N2c2nnc(C)s2)ccc1OCc1ccccc1. The number of anilines is 1. The van der Waals surface area contributed by atoms with Crippen LogP contribution in [-0.4, -0.2) is 46.8 Å². The minimum absolute atomic E-state index is 0.0927. The molecule has 6 rings (SSSR count). The largest absolute Gasteiger partial charge is 0.507 e. The summed E-state index contributed by atoms with van der Waals surface area (Å²) in [5.74, 6) is -0.105. The van der Waals surface area contributed by atoms with Crippen LogP contribution in [0, 0.1) is 6.92 Å². The van der Waals surface area contributed by atoms with Gasteiger partial charge in [-0.2, -0.15) is 0 Å². The number of aryl methyl sites for hydroxylation is 1. The lowest BCUT2D eigenvalue weighted by Crippen LogP contribution is -2.29. The molecule has 1 saturated heterocycles. The number of benzene rings is 3. The molecule has 1 N–H and O–H groups in total. The lowest BCUT2D eigenvalue weighted by atomic mass is 9.95. The topological polar surface area (TPSA) is 120 Å². The van der Waals surface area contributed by atoms with Crippen LogP contribution in [0.25, 0.3) is 5.76 Å². The number of aromatic nitrogens is 2. The smallest absolute Gasteiger partial charge is 0.301 e. The molecule has 1 amide bonds.